The number of hydrogen-bond donors (Lipinski definition) is 1. The Balaban J connectivity index is 2.07. The van der Waals surface area contributed by atoms with Gasteiger partial charge in [0.2, 0.25) is 11.8 Å². The first kappa shape index (κ1) is 30.7. The molecule has 0 radical (unpaired) electrons. The van der Waals surface area contributed by atoms with Gasteiger partial charge in [-0.1, -0.05) is 61.9 Å². The van der Waals surface area contributed by atoms with Crippen LogP contribution in [0.5, 0.6) is 5.75 Å². The van der Waals surface area contributed by atoms with E-state index in [9.17, 15) is 18.0 Å². The SMILES string of the molecule is CCCNC(=O)[C@@H](CC)N(Cc1cccc(OC)c1)C(=O)CN(c1ccccc1C)S(=O)(=O)c1ccc(C)cc1. The lowest BCUT2D eigenvalue weighted by atomic mass is 10.1. The van der Waals surface area contributed by atoms with Crippen LogP contribution in [0.3, 0.4) is 0 Å². The first-order chi connectivity index (χ1) is 19.1. The summed E-state index contributed by atoms with van der Waals surface area (Å²) in [5.41, 5.74) is 2.79. The van der Waals surface area contributed by atoms with Crippen LogP contribution in [0.15, 0.2) is 77.7 Å². The molecule has 1 atom stereocenters. The molecule has 0 heterocycles. The summed E-state index contributed by atoms with van der Waals surface area (Å²) < 4.78 is 34.4. The van der Waals surface area contributed by atoms with Gasteiger partial charge < -0.3 is 15.0 Å². The summed E-state index contributed by atoms with van der Waals surface area (Å²) in [6.07, 6.45) is 1.11. The van der Waals surface area contributed by atoms with Gasteiger partial charge in [0, 0.05) is 13.1 Å². The molecule has 9 heteroatoms. The minimum atomic E-state index is -4.11. The molecular formula is C31H39N3O5S. The molecule has 3 aromatic carbocycles. The summed E-state index contributed by atoms with van der Waals surface area (Å²) in [5.74, 6) is -0.137. The normalized spacial score (nSPS) is 11.9. The Hall–Kier alpha value is -3.85. The number of sulfonamides is 1. The number of carbonyl (C=O) groups is 2. The van der Waals surface area contributed by atoms with Gasteiger partial charge in [-0.15, -0.1) is 0 Å². The van der Waals surface area contributed by atoms with Crippen molar-refractivity contribution in [2.24, 2.45) is 0 Å². The van der Waals surface area contributed by atoms with E-state index >= 15 is 0 Å². The molecule has 0 aliphatic carbocycles. The average molecular weight is 566 g/mol. The fourth-order valence-electron chi connectivity index (χ4n) is 4.45. The quantitative estimate of drug-likeness (QED) is 0.320. The lowest BCUT2D eigenvalue weighted by Gasteiger charge is -2.33. The van der Waals surface area contributed by atoms with Crippen LogP contribution in [-0.2, 0) is 26.2 Å². The maximum Gasteiger partial charge on any atom is 0.264 e. The molecule has 0 saturated heterocycles. The maximum atomic E-state index is 14.1. The number of carbonyl (C=O) groups excluding carboxylic acids is 2. The van der Waals surface area contributed by atoms with Crippen molar-refractivity contribution >= 4 is 27.5 Å². The van der Waals surface area contributed by atoms with Crippen molar-refractivity contribution < 1.29 is 22.7 Å². The molecule has 40 heavy (non-hydrogen) atoms. The van der Waals surface area contributed by atoms with Crippen molar-refractivity contribution in [1.82, 2.24) is 10.2 Å². The first-order valence-electron chi connectivity index (χ1n) is 13.5. The van der Waals surface area contributed by atoms with Gasteiger partial charge in [-0.3, -0.25) is 13.9 Å². The minimum Gasteiger partial charge on any atom is -0.497 e. The molecule has 0 aliphatic heterocycles. The summed E-state index contributed by atoms with van der Waals surface area (Å²) in [6.45, 7) is 7.60. The molecule has 8 nitrogen and oxygen atoms in total. The van der Waals surface area contributed by atoms with E-state index in [1.807, 2.05) is 39.0 Å². The third-order valence-corrected chi connectivity index (χ3v) is 8.47. The number of nitrogens with one attached hydrogen (secondary N) is 1. The summed E-state index contributed by atoms with van der Waals surface area (Å²) in [7, 11) is -2.55. The monoisotopic (exact) mass is 565 g/mol. The molecular weight excluding hydrogens is 526 g/mol. The van der Waals surface area contributed by atoms with Crippen LogP contribution in [0, 0.1) is 13.8 Å². The Kier molecular flexibility index (Phi) is 10.7. The highest BCUT2D eigenvalue weighted by atomic mass is 32.2. The molecule has 3 aromatic rings. The van der Waals surface area contributed by atoms with Crippen LogP contribution in [0.4, 0.5) is 5.69 Å². The highest BCUT2D eigenvalue weighted by Gasteiger charge is 2.34. The molecule has 2 amide bonds. The standard InChI is InChI=1S/C31H39N3O5S/c1-6-19-32-31(36)28(7-2)33(21-25-12-10-13-26(20-25)39-5)30(35)22-34(29-14-9-8-11-24(29)4)40(37,38)27-17-15-23(3)16-18-27/h8-18,20,28H,6-7,19,21-22H2,1-5H3,(H,32,36)/t28-/m1/s1. The average Bonchev–Trinajstić information content (AvgIpc) is 2.95. The highest BCUT2D eigenvalue weighted by molar-refractivity contribution is 7.92. The van der Waals surface area contributed by atoms with Crippen LogP contribution in [0.2, 0.25) is 0 Å². The number of para-hydroxylation sites is 1. The Morgan fingerprint density at radius 2 is 1.65 bits per heavy atom. The number of hydrogen-bond acceptors (Lipinski definition) is 5. The van der Waals surface area contributed by atoms with Gasteiger partial charge in [0.25, 0.3) is 10.0 Å². The number of methoxy groups -OCH3 is 1. The minimum absolute atomic E-state index is 0.0845. The topological polar surface area (TPSA) is 96.0 Å². The number of amides is 2. The zero-order chi connectivity index (χ0) is 29.3. The maximum absolute atomic E-state index is 14.1. The van der Waals surface area contributed by atoms with Crippen LogP contribution >= 0.6 is 0 Å². The predicted molar refractivity (Wildman–Crippen MR) is 158 cm³/mol. The number of benzene rings is 3. The summed E-state index contributed by atoms with van der Waals surface area (Å²) in [4.78, 5) is 28.9. The largest absolute Gasteiger partial charge is 0.497 e. The Bertz CT molecular complexity index is 1410. The van der Waals surface area contributed by atoms with Gasteiger partial charge in [-0.25, -0.2) is 8.42 Å². The fraction of sp³-hybridized carbons (Fsp3) is 0.355. The Morgan fingerprint density at radius 3 is 2.27 bits per heavy atom. The van der Waals surface area contributed by atoms with E-state index in [0.717, 1.165) is 21.9 Å². The van der Waals surface area contributed by atoms with E-state index in [2.05, 4.69) is 5.32 Å². The van der Waals surface area contributed by atoms with E-state index in [0.29, 0.717) is 30.0 Å². The van der Waals surface area contributed by atoms with Crippen LogP contribution in [-0.4, -0.2) is 51.4 Å². The van der Waals surface area contributed by atoms with Crippen molar-refractivity contribution in [3.05, 3.63) is 89.5 Å². The molecule has 0 aliphatic rings. The zero-order valence-electron chi connectivity index (χ0n) is 23.9. The van der Waals surface area contributed by atoms with Crippen LogP contribution < -0.4 is 14.4 Å². The Morgan fingerprint density at radius 1 is 0.950 bits per heavy atom. The molecule has 0 aromatic heterocycles. The third kappa shape index (κ3) is 7.41. The fourth-order valence-corrected chi connectivity index (χ4v) is 5.93. The lowest BCUT2D eigenvalue weighted by molar-refractivity contribution is -0.140. The summed E-state index contributed by atoms with van der Waals surface area (Å²) >= 11 is 0. The van der Waals surface area contributed by atoms with Crippen molar-refractivity contribution in [3.8, 4) is 5.75 Å². The van der Waals surface area contributed by atoms with E-state index in [1.165, 1.54) is 4.90 Å². The third-order valence-electron chi connectivity index (χ3n) is 6.69. The molecule has 0 fully saturated rings. The van der Waals surface area contributed by atoms with E-state index in [1.54, 1.807) is 68.6 Å². The zero-order valence-corrected chi connectivity index (χ0v) is 24.7. The number of ether oxygens (including phenoxy) is 1. The first-order valence-corrected chi connectivity index (χ1v) is 14.9. The molecule has 0 unspecified atom stereocenters. The van der Waals surface area contributed by atoms with E-state index in [-0.39, 0.29) is 17.3 Å². The Labute approximate surface area is 238 Å². The van der Waals surface area contributed by atoms with Gasteiger partial charge in [0.1, 0.15) is 18.3 Å². The highest BCUT2D eigenvalue weighted by Crippen LogP contribution is 2.28. The molecule has 0 spiro atoms. The molecule has 3 rings (SSSR count). The van der Waals surface area contributed by atoms with Crippen LogP contribution in [0.1, 0.15) is 43.4 Å². The van der Waals surface area contributed by atoms with Gasteiger partial charge in [-0.05, 0) is 68.1 Å². The number of anilines is 1. The molecule has 214 valence electrons. The lowest BCUT2D eigenvalue weighted by Crippen LogP contribution is -2.52. The number of aryl methyl sites for hydroxylation is 2. The second kappa shape index (κ2) is 14.0. The van der Waals surface area contributed by atoms with E-state index in [4.69, 9.17) is 4.74 Å². The number of nitrogens with zero attached hydrogens (tertiary/aromatic N) is 2. The van der Waals surface area contributed by atoms with Gasteiger partial charge in [0.15, 0.2) is 0 Å². The van der Waals surface area contributed by atoms with Crippen molar-refractivity contribution in [2.75, 3.05) is 24.5 Å². The molecule has 1 N–H and O–H groups in total. The predicted octanol–water partition coefficient (Wildman–Crippen LogP) is 4.84. The van der Waals surface area contributed by atoms with Crippen molar-refractivity contribution in [3.63, 3.8) is 0 Å². The summed E-state index contributed by atoms with van der Waals surface area (Å²) in [5, 5.41) is 2.89. The van der Waals surface area contributed by atoms with Gasteiger partial charge >= 0.3 is 0 Å². The van der Waals surface area contributed by atoms with Gasteiger partial charge in [-0.2, -0.15) is 0 Å². The smallest absolute Gasteiger partial charge is 0.264 e. The molecule has 0 bridgehead atoms. The summed E-state index contributed by atoms with van der Waals surface area (Å²) in [6, 6.07) is 20.1. The number of rotatable bonds is 13. The molecule has 0 saturated carbocycles. The second-order valence-corrected chi connectivity index (χ2v) is 11.6. The van der Waals surface area contributed by atoms with Crippen molar-refractivity contribution in [1.29, 1.82) is 0 Å². The van der Waals surface area contributed by atoms with Crippen molar-refractivity contribution in [2.45, 2.75) is 58.0 Å². The second-order valence-electron chi connectivity index (χ2n) is 9.70. The van der Waals surface area contributed by atoms with E-state index < -0.39 is 28.5 Å². The van der Waals surface area contributed by atoms with Crippen LogP contribution in [0.25, 0.3) is 0 Å². The van der Waals surface area contributed by atoms with Gasteiger partial charge in [0.05, 0.1) is 17.7 Å².